The zero-order chi connectivity index (χ0) is 12.1. The fourth-order valence-electron chi connectivity index (χ4n) is 1.32. The van der Waals surface area contributed by atoms with Gasteiger partial charge in [-0.15, -0.1) is 0 Å². The fourth-order valence-corrected chi connectivity index (χ4v) is 1.32. The number of phenols is 2. The molecule has 1 amide bonds. The van der Waals surface area contributed by atoms with Gasteiger partial charge in [-0.2, -0.15) is 0 Å². The van der Waals surface area contributed by atoms with Crippen LogP contribution in [0, 0.1) is 0 Å². The standard InChI is InChI=1S/C11H15NO4/c1-7(5-6-13)12-11(16)10-8(14)3-2-4-9(10)15/h2-4,7,13-15H,5-6H2,1H3,(H,12,16). The molecule has 1 aromatic carbocycles. The van der Waals surface area contributed by atoms with Crippen molar-refractivity contribution < 1.29 is 20.1 Å². The van der Waals surface area contributed by atoms with E-state index in [0.717, 1.165) is 0 Å². The molecule has 0 saturated heterocycles. The van der Waals surface area contributed by atoms with Crippen LogP contribution >= 0.6 is 0 Å². The average Bonchev–Trinajstić information content (AvgIpc) is 2.17. The summed E-state index contributed by atoms with van der Waals surface area (Å²) in [6.07, 6.45) is 0.417. The number of aliphatic hydroxyl groups is 1. The van der Waals surface area contributed by atoms with E-state index in [2.05, 4.69) is 5.32 Å². The van der Waals surface area contributed by atoms with Gasteiger partial charge in [0.25, 0.3) is 5.91 Å². The van der Waals surface area contributed by atoms with Gasteiger partial charge in [0.2, 0.25) is 0 Å². The number of aliphatic hydroxyl groups excluding tert-OH is 1. The molecule has 1 rings (SSSR count). The first kappa shape index (κ1) is 12.3. The van der Waals surface area contributed by atoms with Crippen LogP contribution in [0.2, 0.25) is 0 Å². The van der Waals surface area contributed by atoms with Crippen LogP contribution in [0.25, 0.3) is 0 Å². The maximum atomic E-state index is 11.7. The molecule has 4 N–H and O–H groups in total. The highest BCUT2D eigenvalue weighted by atomic mass is 16.3. The molecule has 0 aliphatic heterocycles. The van der Waals surface area contributed by atoms with Crippen LogP contribution in [0.1, 0.15) is 23.7 Å². The van der Waals surface area contributed by atoms with E-state index in [9.17, 15) is 15.0 Å². The molecular formula is C11H15NO4. The number of amides is 1. The Morgan fingerprint density at radius 3 is 2.44 bits per heavy atom. The Labute approximate surface area is 93.4 Å². The van der Waals surface area contributed by atoms with Crippen molar-refractivity contribution in [3.63, 3.8) is 0 Å². The maximum Gasteiger partial charge on any atom is 0.259 e. The van der Waals surface area contributed by atoms with Gasteiger partial charge in [0, 0.05) is 12.6 Å². The number of rotatable bonds is 4. The second-order valence-corrected chi connectivity index (χ2v) is 3.56. The average molecular weight is 225 g/mol. The van der Waals surface area contributed by atoms with Gasteiger partial charge in [0.1, 0.15) is 17.1 Å². The van der Waals surface area contributed by atoms with Crippen molar-refractivity contribution in [1.29, 1.82) is 0 Å². The molecule has 0 radical (unpaired) electrons. The summed E-state index contributed by atoms with van der Waals surface area (Å²) < 4.78 is 0. The third-order valence-electron chi connectivity index (χ3n) is 2.19. The molecule has 5 nitrogen and oxygen atoms in total. The Morgan fingerprint density at radius 1 is 1.38 bits per heavy atom. The molecule has 0 saturated carbocycles. The normalized spacial score (nSPS) is 12.1. The van der Waals surface area contributed by atoms with Crippen LogP contribution in [0.3, 0.4) is 0 Å². The number of phenolic OH excluding ortho intramolecular Hbond substituents is 2. The molecule has 1 atom stereocenters. The van der Waals surface area contributed by atoms with Gasteiger partial charge in [-0.1, -0.05) is 6.07 Å². The van der Waals surface area contributed by atoms with Gasteiger partial charge in [-0.05, 0) is 25.5 Å². The van der Waals surface area contributed by atoms with E-state index in [1.807, 2.05) is 0 Å². The lowest BCUT2D eigenvalue weighted by Crippen LogP contribution is -2.33. The summed E-state index contributed by atoms with van der Waals surface area (Å²) in [4.78, 5) is 11.7. The highest BCUT2D eigenvalue weighted by Crippen LogP contribution is 2.25. The molecule has 0 fully saturated rings. The highest BCUT2D eigenvalue weighted by molar-refractivity contribution is 5.99. The van der Waals surface area contributed by atoms with Crippen LogP contribution in [-0.2, 0) is 0 Å². The van der Waals surface area contributed by atoms with E-state index < -0.39 is 5.91 Å². The van der Waals surface area contributed by atoms with Crippen molar-refractivity contribution >= 4 is 5.91 Å². The third kappa shape index (κ3) is 2.87. The zero-order valence-corrected chi connectivity index (χ0v) is 8.97. The number of nitrogens with one attached hydrogen (secondary N) is 1. The van der Waals surface area contributed by atoms with Crippen LogP contribution in [0.15, 0.2) is 18.2 Å². The lowest BCUT2D eigenvalue weighted by molar-refractivity contribution is 0.0929. The Bertz CT molecular complexity index is 358. The second-order valence-electron chi connectivity index (χ2n) is 3.56. The lowest BCUT2D eigenvalue weighted by Gasteiger charge is -2.13. The molecule has 0 bridgehead atoms. The molecule has 0 spiro atoms. The largest absolute Gasteiger partial charge is 0.507 e. The van der Waals surface area contributed by atoms with Crippen LogP contribution in [0.5, 0.6) is 11.5 Å². The molecule has 1 unspecified atom stereocenters. The van der Waals surface area contributed by atoms with Gasteiger partial charge in [0.15, 0.2) is 0 Å². The van der Waals surface area contributed by atoms with E-state index in [-0.39, 0.29) is 29.7 Å². The van der Waals surface area contributed by atoms with E-state index in [1.54, 1.807) is 6.92 Å². The Kier molecular flexibility index (Phi) is 4.13. The lowest BCUT2D eigenvalue weighted by atomic mass is 10.1. The molecule has 0 aromatic heterocycles. The van der Waals surface area contributed by atoms with Crippen molar-refractivity contribution in [1.82, 2.24) is 5.32 Å². The van der Waals surface area contributed by atoms with Crippen molar-refractivity contribution in [2.24, 2.45) is 0 Å². The van der Waals surface area contributed by atoms with Crippen LogP contribution < -0.4 is 5.32 Å². The van der Waals surface area contributed by atoms with E-state index >= 15 is 0 Å². The third-order valence-corrected chi connectivity index (χ3v) is 2.19. The molecule has 1 aromatic rings. The van der Waals surface area contributed by atoms with Gasteiger partial charge < -0.3 is 20.6 Å². The van der Waals surface area contributed by atoms with E-state index in [4.69, 9.17) is 5.11 Å². The minimum Gasteiger partial charge on any atom is -0.507 e. The molecule has 0 aliphatic carbocycles. The number of hydrogen-bond acceptors (Lipinski definition) is 4. The summed E-state index contributed by atoms with van der Waals surface area (Å²) in [5.41, 5.74) is -0.146. The Morgan fingerprint density at radius 2 is 1.94 bits per heavy atom. The first-order chi connectivity index (χ1) is 7.56. The number of aromatic hydroxyl groups is 2. The van der Waals surface area contributed by atoms with E-state index in [1.165, 1.54) is 18.2 Å². The zero-order valence-electron chi connectivity index (χ0n) is 8.97. The number of hydrogen-bond donors (Lipinski definition) is 4. The van der Waals surface area contributed by atoms with Crippen LogP contribution in [0.4, 0.5) is 0 Å². The van der Waals surface area contributed by atoms with Crippen molar-refractivity contribution in [3.8, 4) is 11.5 Å². The summed E-state index contributed by atoms with van der Waals surface area (Å²) in [5.74, 6) is -1.10. The summed E-state index contributed by atoms with van der Waals surface area (Å²) in [6.45, 7) is 1.69. The number of carbonyl (C=O) groups is 1. The summed E-state index contributed by atoms with van der Waals surface area (Å²) in [6, 6.07) is 3.87. The summed E-state index contributed by atoms with van der Waals surface area (Å²) in [7, 11) is 0. The Hall–Kier alpha value is -1.75. The van der Waals surface area contributed by atoms with Gasteiger partial charge in [-0.25, -0.2) is 0 Å². The minimum atomic E-state index is -0.559. The monoisotopic (exact) mass is 225 g/mol. The predicted octanol–water partition coefficient (Wildman–Crippen LogP) is 0.599. The minimum absolute atomic E-state index is 0.0335. The molecular weight excluding hydrogens is 210 g/mol. The maximum absolute atomic E-state index is 11.7. The second kappa shape index (κ2) is 5.37. The van der Waals surface area contributed by atoms with Crippen molar-refractivity contribution in [2.45, 2.75) is 19.4 Å². The number of benzene rings is 1. The number of carbonyl (C=O) groups excluding carboxylic acids is 1. The molecule has 0 aliphatic rings. The predicted molar refractivity (Wildman–Crippen MR) is 58.4 cm³/mol. The topological polar surface area (TPSA) is 89.8 Å². The highest BCUT2D eigenvalue weighted by Gasteiger charge is 2.17. The molecule has 16 heavy (non-hydrogen) atoms. The van der Waals surface area contributed by atoms with Gasteiger partial charge >= 0.3 is 0 Å². The van der Waals surface area contributed by atoms with Gasteiger partial charge in [-0.3, -0.25) is 4.79 Å². The SMILES string of the molecule is CC(CCO)NC(=O)c1c(O)cccc1O. The Balaban J connectivity index is 2.80. The van der Waals surface area contributed by atoms with Crippen molar-refractivity contribution in [3.05, 3.63) is 23.8 Å². The summed E-state index contributed by atoms with van der Waals surface area (Å²) >= 11 is 0. The fraction of sp³-hybridized carbons (Fsp3) is 0.364. The quantitative estimate of drug-likeness (QED) is 0.604. The summed E-state index contributed by atoms with van der Waals surface area (Å²) in [5, 5.41) is 30.1. The van der Waals surface area contributed by atoms with Crippen molar-refractivity contribution in [2.75, 3.05) is 6.61 Å². The smallest absolute Gasteiger partial charge is 0.259 e. The molecule has 0 heterocycles. The first-order valence-corrected chi connectivity index (χ1v) is 4.99. The van der Waals surface area contributed by atoms with Crippen LogP contribution in [-0.4, -0.2) is 33.9 Å². The molecule has 5 heteroatoms. The van der Waals surface area contributed by atoms with E-state index in [0.29, 0.717) is 6.42 Å². The molecule has 88 valence electrons. The van der Waals surface area contributed by atoms with Gasteiger partial charge in [0.05, 0.1) is 0 Å². The first-order valence-electron chi connectivity index (χ1n) is 4.99.